The molecule has 0 atom stereocenters. The Labute approximate surface area is 141 Å². The summed E-state index contributed by atoms with van der Waals surface area (Å²) in [4.78, 5) is 17.1. The number of aromatic nitrogens is 3. The van der Waals surface area contributed by atoms with E-state index in [-0.39, 0.29) is 5.91 Å². The van der Waals surface area contributed by atoms with Gasteiger partial charge in [-0.2, -0.15) is 5.10 Å². The summed E-state index contributed by atoms with van der Waals surface area (Å²) in [6.07, 6.45) is 4.01. The Morgan fingerprint density at radius 2 is 1.88 bits per heavy atom. The van der Waals surface area contributed by atoms with Gasteiger partial charge in [-0.25, -0.2) is 9.67 Å². The number of para-hydroxylation sites is 1. The van der Waals surface area contributed by atoms with Gasteiger partial charge in [0.2, 0.25) is 0 Å². The molecule has 5 nitrogen and oxygen atoms in total. The molecule has 5 heteroatoms. The molecule has 3 rings (SSSR count). The number of nitrogens with zero attached hydrogens (tertiary/aromatic N) is 3. The SMILES string of the molecule is CCc1c(C(=O)Nc2c(C)cccc2C)cnn1-c1ccccn1. The highest BCUT2D eigenvalue weighted by atomic mass is 16.1. The Balaban J connectivity index is 1.95. The van der Waals surface area contributed by atoms with Gasteiger partial charge in [0, 0.05) is 11.9 Å². The third-order valence-corrected chi connectivity index (χ3v) is 4.03. The lowest BCUT2D eigenvalue weighted by atomic mass is 10.1. The number of carbonyl (C=O) groups is 1. The lowest BCUT2D eigenvalue weighted by Crippen LogP contribution is -2.16. The second-order valence-corrected chi connectivity index (χ2v) is 5.68. The van der Waals surface area contributed by atoms with Gasteiger partial charge >= 0.3 is 0 Å². The number of aryl methyl sites for hydroxylation is 2. The molecule has 0 aliphatic carbocycles. The Morgan fingerprint density at radius 3 is 2.50 bits per heavy atom. The molecule has 122 valence electrons. The number of anilines is 1. The van der Waals surface area contributed by atoms with Crippen molar-refractivity contribution in [3.63, 3.8) is 0 Å². The third-order valence-electron chi connectivity index (χ3n) is 4.03. The van der Waals surface area contributed by atoms with Crippen LogP contribution in [0.15, 0.2) is 48.8 Å². The zero-order valence-electron chi connectivity index (χ0n) is 14.1. The molecular weight excluding hydrogens is 300 g/mol. The van der Waals surface area contributed by atoms with Crippen molar-refractivity contribution in [2.24, 2.45) is 0 Å². The number of carbonyl (C=O) groups excluding carboxylic acids is 1. The fourth-order valence-corrected chi connectivity index (χ4v) is 2.77. The van der Waals surface area contributed by atoms with Crippen LogP contribution in [0.5, 0.6) is 0 Å². The third kappa shape index (κ3) is 2.93. The van der Waals surface area contributed by atoms with Gasteiger partial charge in [0.1, 0.15) is 0 Å². The second kappa shape index (κ2) is 6.66. The fourth-order valence-electron chi connectivity index (χ4n) is 2.77. The Kier molecular flexibility index (Phi) is 4.42. The van der Waals surface area contributed by atoms with Gasteiger partial charge in [-0.15, -0.1) is 0 Å². The minimum absolute atomic E-state index is 0.147. The molecule has 0 aliphatic rings. The van der Waals surface area contributed by atoms with Gasteiger partial charge in [0.25, 0.3) is 5.91 Å². The van der Waals surface area contributed by atoms with Crippen LogP contribution in [0.2, 0.25) is 0 Å². The number of nitrogens with one attached hydrogen (secondary N) is 1. The predicted molar refractivity (Wildman–Crippen MR) is 94.6 cm³/mol. The number of benzene rings is 1. The van der Waals surface area contributed by atoms with E-state index in [0.29, 0.717) is 17.8 Å². The van der Waals surface area contributed by atoms with Gasteiger partial charge < -0.3 is 5.32 Å². The van der Waals surface area contributed by atoms with Crippen molar-refractivity contribution in [2.45, 2.75) is 27.2 Å². The summed E-state index contributed by atoms with van der Waals surface area (Å²) in [5.41, 5.74) is 4.36. The molecule has 3 aromatic rings. The van der Waals surface area contributed by atoms with Crippen LogP contribution in [-0.4, -0.2) is 20.7 Å². The first-order valence-corrected chi connectivity index (χ1v) is 7.97. The van der Waals surface area contributed by atoms with E-state index in [1.807, 2.05) is 57.2 Å². The van der Waals surface area contributed by atoms with Gasteiger partial charge in [-0.3, -0.25) is 4.79 Å². The maximum absolute atomic E-state index is 12.8. The Bertz CT molecular complexity index is 848. The normalized spacial score (nSPS) is 10.6. The van der Waals surface area contributed by atoms with Crippen LogP contribution >= 0.6 is 0 Å². The van der Waals surface area contributed by atoms with Crippen LogP contribution < -0.4 is 5.32 Å². The molecule has 0 aliphatic heterocycles. The molecule has 0 fully saturated rings. The number of pyridine rings is 1. The van der Waals surface area contributed by atoms with E-state index in [4.69, 9.17) is 0 Å². The van der Waals surface area contributed by atoms with Crippen LogP contribution in [0.4, 0.5) is 5.69 Å². The van der Waals surface area contributed by atoms with Gasteiger partial charge in [0.05, 0.1) is 17.5 Å². The smallest absolute Gasteiger partial charge is 0.259 e. The summed E-state index contributed by atoms with van der Waals surface area (Å²) in [7, 11) is 0. The standard InChI is InChI=1S/C19H20N4O/c1-4-16-15(12-21-23(16)17-10-5-6-11-20-17)19(24)22-18-13(2)8-7-9-14(18)3/h5-12H,4H2,1-3H3,(H,22,24). The predicted octanol–water partition coefficient (Wildman–Crippen LogP) is 3.70. The first-order valence-electron chi connectivity index (χ1n) is 7.97. The van der Waals surface area contributed by atoms with Crippen molar-refractivity contribution in [1.29, 1.82) is 0 Å². The van der Waals surface area contributed by atoms with Crippen LogP contribution in [-0.2, 0) is 6.42 Å². The second-order valence-electron chi connectivity index (χ2n) is 5.68. The molecule has 0 spiro atoms. The molecule has 0 radical (unpaired) electrons. The molecule has 2 heterocycles. The van der Waals surface area contributed by atoms with Crippen molar-refractivity contribution >= 4 is 11.6 Å². The molecule has 0 unspecified atom stereocenters. The molecule has 2 aromatic heterocycles. The van der Waals surface area contributed by atoms with E-state index in [2.05, 4.69) is 15.4 Å². The quantitative estimate of drug-likeness (QED) is 0.797. The molecule has 1 N–H and O–H groups in total. The lowest BCUT2D eigenvalue weighted by Gasteiger charge is -2.12. The molecule has 24 heavy (non-hydrogen) atoms. The summed E-state index contributed by atoms with van der Waals surface area (Å²) in [6, 6.07) is 11.6. The van der Waals surface area contributed by atoms with Crippen molar-refractivity contribution in [2.75, 3.05) is 5.32 Å². The van der Waals surface area contributed by atoms with Crippen LogP contribution in [0, 0.1) is 13.8 Å². The molecule has 0 saturated heterocycles. The molecule has 0 bridgehead atoms. The largest absolute Gasteiger partial charge is 0.321 e. The van der Waals surface area contributed by atoms with E-state index in [0.717, 1.165) is 22.5 Å². The maximum Gasteiger partial charge on any atom is 0.259 e. The minimum Gasteiger partial charge on any atom is -0.321 e. The number of hydrogen-bond donors (Lipinski definition) is 1. The number of hydrogen-bond acceptors (Lipinski definition) is 3. The average Bonchev–Trinajstić information content (AvgIpc) is 3.03. The van der Waals surface area contributed by atoms with Gasteiger partial charge in [-0.1, -0.05) is 31.2 Å². The molecular formula is C19H20N4O. The highest BCUT2D eigenvalue weighted by Gasteiger charge is 2.18. The van der Waals surface area contributed by atoms with Crippen LogP contribution in [0.3, 0.4) is 0 Å². The van der Waals surface area contributed by atoms with E-state index >= 15 is 0 Å². The van der Waals surface area contributed by atoms with Crippen LogP contribution in [0.1, 0.15) is 34.1 Å². The van der Waals surface area contributed by atoms with E-state index in [9.17, 15) is 4.79 Å². The Morgan fingerprint density at radius 1 is 1.12 bits per heavy atom. The first kappa shape index (κ1) is 15.9. The van der Waals surface area contributed by atoms with E-state index < -0.39 is 0 Å². The maximum atomic E-state index is 12.8. The zero-order chi connectivity index (χ0) is 17.1. The highest BCUT2D eigenvalue weighted by Crippen LogP contribution is 2.22. The highest BCUT2D eigenvalue weighted by molar-refractivity contribution is 6.05. The number of rotatable bonds is 4. The first-order chi connectivity index (χ1) is 11.6. The van der Waals surface area contributed by atoms with Crippen LogP contribution in [0.25, 0.3) is 5.82 Å². The monoisotopic (exact) mass is 320 g/mol. The van der Waals surface area contributed by atoms with Crippen molar-refractivity contribution in [3.8, 4) is 5.82 Å². The zero-order valence-corrected chi connectivity index (χ0v) is 14.1. The van der Waals surface area contributed by atoms with Crippen molar-refractivity contribution < 1.29 is 4.79 Å². The van der Waals surface area contributed by atoms with Gasteiger partial charge in [-0.05, 0) is 43.5 Å². The summed E-state index contributed by atoms with van der Waals surface area (Å²) >= 11 is 0. The number of amides is 1. The summed E-state index contributed by atoms with van der Waals surface area (Å²) in [5, 5.41) is 7.38. The van der Waals surface area contributed by atoms with E-state index in [1.165, 1.54) is 0 Å². The Hall–Kier alpha value is -2.95. The van der Waals surface area contributed by atoms with Crippen molar-refractivity contribution in [1.82, 2.24) is 14.8 Å². The fraction of sp³-hybridized carbons (Fsp3) is 0.211. The minimum atomic E-state index is -0.147. The molecule has 0 saturated carbocycles. The van der Waals surface area contributed by atoms with Crippen molar-refractivity contribution in [3.05, 3.63) is 71.2 Å². The summed E-state index contributed by atoms with van der Waals surface area (Å²) in [5.74, 6) is 0.562. The lowest BCUT2D eigenvalue weighted by molar-refractivity contribution is 0.102. The summed E-state index contributed by atoms with van der Waals surface area (Å²) < 4.78 is 1.72. The topological polar surface area (TPSA) is 59.8 Å². The van der Waals surface area contributed by atoms with Gasteiger partial charge in [0.15, 0.2) is 5.82 Å². The molecule has 1 aromatic carbocycles. The summed E-state index contributed by atoms with van der Waals surface area (Å²) in [6.45, 7) is 5.98. The van der Waals surface area contributed by atoms with E-state index in [1.54, 1.807) is 17.1 Å². The molecule has 1 amide bonds. The average molecular weight is 320 g/mol.